The second-order valence-corrected chi connectivity index (χ2v) is 10.7. The lowest BCUT2D eigenvalue weighted by molar-refractivity contribution is -0.123. The standard InChI is InChI=1S/C24H33NO2/c1-23-10-7-19-18-6-5-17(25-26)13-16(18)14-20(15-3-4-15)22(19)21(23)8-11-24(23)9-2-12-27-24/h2,9,13,15,17-22H,3-8,10-12,14H2,1H3/t17?,18-,19?,20?,21?,22?,23-,24-/m0/s1. The van der Waals surface area contributed by atoms with Gasteiger partial charge in [0.1, 0.15) is 6.04 Å². The summed E-state index contributed by atoms with van der Waals surface area (Å²) < 4.78 is 6.43. The van der Waals surface area contributed by atoms with E-state index in [0.717, 1.165) is 48.5 Å². The molecule has 0 radical (unpaired) electrons. The quantitative estimate of drug-likeness (QED) is 0.467. The summed E-state index contributed by atoms with van der Waals surface area (Å²) in [6.45, 7) is 3.39. The molecule has 3 nitrogen and oxygen atoms in total. The van der Waals surface area contributed by atoms with Gasteiger partial charge < -0.3 is 4.74 Å². The minimum absolute atomic E-state index is 0.0337. The Morgan fingerprint density at radius 3 is 2.70 bits per heavy atom. The van der Waals surface area contributed by atoms with Gasteiger partial charge in [0.05, 0.1) is 12.2 Å². The van der Waals surface area contributed by atoms with Crippen molar-refractivity contribution in [2.45, 2.75) is 76.4 Å². The predicted octanol–water partition coefficient (Wildman–Crippen LogP) is 5.66. The first-order valence-electron chi connectivity index (χ1n) is 11.5. The SMILES string of the molecule is C[C@]12CCC3C(C(C4CC4)CC4=CC(N=O)CC[C@@H]43)C1CC[C@@]21C=CCO1. The van der Waals surface area contributed by atoms with Crippen LogP contribution in [0.3, 0.4) is 0 Å². The van der Waals surface area contributed by atoms with Crippen LogP contribution >= 0.6 is 0 Å². The van der Waals surface area contributed by atoms with Gasteiger partial charge >= 0.3 is 0 Å². The Labute approximate surface area is 163 Å². The van der Waals surface area contributed by atoms with Gasteiger partial charge in [0.25, 0.3) is 0 Å². The van der Waals surface area contributed by atoms with E-state index in [1.165, 1.54) is 51.4 Å². The predicted molar refractivity (Wildman–Crippen MR) is 106 cm³/mol. The largest absolute Gasteiger partial charge is 0.366 e. The molecule has 6 rings (SSSR count). The summed E-state index contributed by atoms with van der Waals surface area (Å²) in [5.41, 5.74) is 1.99. The average Bonchev–Trinajstić information content (AvgIpc) is 3.35. The summed E-state index contributed by atoms with van der Waals surface area (Å²) in [6, 6.07) is -0.0479. The van der Waals surface area contributed by atoms with E-state index in [1.54, 1.807) is 5.57 Å². The van der Waals surface area contributed by atoms with E-state index >= 15 is 0 Å². The monoisotopic (exact) mass is 367 g/mol. The zero-order valence-electron chi connectivity index (χ0n) is 16.6. The van der Waals surface area contributed by atoms with Crippen LogP contribution in [0.4, 0.5) is 0 Å². The summed E-state index contributed by atoms with van der Waals surface area (Å²) in [6.07, 6.45) is 18.6. The van der Waals surface area contributed by atoms with E-state index in [1.807, 2.05) is 0 Å². The highest BCUT2D eigenvalue weighted by molar-refractivity contribution is 5.27. The van der Waals surface area contributed by atoms with Crippen molar-refractivity contribution < 1.29 is 4.74 Å². The third-order valence-electron chi connectivity index (χ3n) is 9.89. The highest BCUT2D eigenvalue weighted by Crippen LogP contribution is 2.69. The molecule has 4 fully saturated rings. The van der Waals surface area contributed by atoms with Crippen molar-refractivity contribution >= 4 is 0 Å². The molecule has 146 valence electrons. The number of fused-ring (bicyclic) bond motifs is 6. The fourth-order valence-electron chi connectivity index (χ4n) is 8.53. The second-order valence-electron chi connectivity index (χ2n) is 10.7. The van der Waals surface area contributed by atoms with Crippen LogP contribution in [0.25, 0.3) is 0 Å². The summed E-state index contributed by atoms with van der Waals surface area (Å²) >= 11 is 0. The molecule has 0 saturated heterocycles. The topological polar surface area (TPSA) is 38.7 Å². The molecular weight excluding hydrogens is 334 g/mol. The van der Waals surface area contributed by atoms with Gasteiger partial charge in [0.15, 0.2) is 0 Å². The van der Waals surface area contributed by atoms with E-state index in [0.29, 0.717) is 5.41 Å². The Hall–Kier alpha value is -0.960. The fraction of sp³-hybridized carbons (Fsp3) is 0.833. The first-order valence-corrected chi connectivity index (χ1v) is 11.5. The van der Waals surface area contributed by atoms with Gasteiger partial charge in [-0.15, -0.1) is 0 Å². The lowest BCUT2D eigenvalue weighted by Gasteiger charge is -2.58. The smallest absolute Gasteiger partial charge is 0.110 e. The normalized spacial score (nSPS) is 53.6. The Kier molecular flexibility index (Phi) is 3.63. The van der Waals surface area contributed by atoms with E-state index in [4.69, 9.17) is 4.74 Å². The Bertz CT molecular complexity index is 709. The molecule has 1 spiro atoms. The van der Waals surface area contributed by atoms with Crippen molar-refractivity contribution in [3.63, 3.8) is 0 Å². The van der Waals surface area contributed by atoms with Crippen LogP contribution in [0.2, 0.25) is 0 Å². The molecule has 27 heavy (non-hydrogen) atoms. The number of rotatable bonds is 2. The fourth-order valence-corrected chi connectivity index (χ4v) is 8.53. The van der Waals surface area contributed by atoms with Gasteiger partial charge in [-0.25, -0.2) is 0 Å². The third-order valence-corrected chi connectivity index (χ3v) is 9.89. The Balaban J connectivity index is 1.38. The number of hydrogen-bond acceptors (Lipinski definition) is 3. The van der Waals surface area contributed by atoms with Gasteiger partial charge in [0.2, 0.25) is 0 Å². The first kappa shape index (κ1) is 16.9. The lowest BCUT2D eigenvalue weighted by atomic mass is 9.47. The molecule has 5 aliphatic carbocycles. The van der Waals surface area contributed by atoms with Gasteiger partial charge in [-0.2, -0.15) is 4.91 Å². The Morgan fingerprint density at radius 1 is 1.07 bits per heavy atom. The molecule has 0 N–H and O–H groups in total. The summed E-state index contributed by atoms with van der Waals surface area (Å²) in [4.78, 5) is 11.2. The minimum atomic E-state index is -0.0479. The van der Waals surface area contributed by atoms with Crippen LogP contribution in [0, 0.1) is 45.8 Å². The number of nitrogens with zero attached hydrogens (tertiary/aromatic N) is 1. The van der Waals surface area contributed by atoms with Gasteiger partial charge in [-0.05, 0) is 93.3 Å². The molecule has 0 aromatic rings. The zero-order valence-corrected chi connectivity index (χ0v) is 16.6. The molecule has 6 aliphatic rings. The molecular formula is C24H33NO2. The van der Waals surface area contributed by atoms with Crippen LogP contribution in [0.15, 0.2) is 29.0 Å². The van der Waals surface area contributed by atoms with E-state index in [2.05, 4.69) is 30.3 Å². The Morgan fingerprint density at radius 2 is 1.96 bits per heavy atom. The molecule has 3 heteroatoms. The lowest BCUT2D eigenvalue weighted by Crippen LogP contribution is -2.54. The summed E-state index contributed by atoms with van der Waals surface area (Å²) in [5, 5.41) is 3.39. The van der Waals surface area contributed by atoms with E-state index in [-0.39, 0.29) is 11.6 Å². The van der Waals surface area contributed by atoms with Gasteiger partial charge in [-0.1, -0.05) is 35.9 Å². The second kappa shape index (κ2) is 5.78. The molecule has 5 unspecified atom stereocenters. The molecule has 0 bridgehead atoms. The summed E-state index contributed by atoms with van der Waals surface area (Å²) in [7, 11) is 0. The molecule has 0 amide bonds. The van der Waals surface area contributed by atoms with Crippen molar-refractivity contribution in [2.24, 2.45) is 46.1 Å². The number of nitroso groups, excluding NO2 is 1. The molecule has 1 heterocycles. The molecule has 0 aromatic heterocycles. The molecule has 1 aliphatic heterocycles. The van der Waals surface area contributed by atoms with Crippen LogP contribution in [0.5, 0.6) is 0 Å². The first-order chi connectivity index (χ1) is 13.2. The van der Waals surface area contributed by atoms with Crippen molar-refractivity contribution in [1.29, 1.82) is 0 Å². The summed E-state index contributed by atoms with van der Waals surface area (Å²) in [5.74, 6) is 5.10. The number of ether oxygens (including phenoxy) is 1. The minimum Gasteiger partial charge on any atom is -0.366 e. The molecule has 0 aromatic carbocycles. The van der Waals surface area contributed by atoms with E-state index in [9.17, 15) is 4.91 Å². The maximum absolute atomic E-state index is 11.2. The highest BCUT2D eigenvalue weighted by atomic mass is 16.5. The van der Waals surface area contributed by atoms with E-state index < -0.39 is 0 Å². The van der Waals surface area contributed by atoms with Crippen molar-refractivity contribution in [1.82, 2.24) is 0 Å². The zero-order chi connectivity index (χ0) is 18.2. The molecule has 4 saturated carbocycles. The van der Waals surface area contributed by atoms with Crippen LogP contribution < -0.4 is 0 Å². The third kappa shape index (κ3) is 2.24. The molecule has 8 atom stereocenters. The van der Waals surface area contributed by atoms with Crippen LogP contribution in [-0.4, -0.2) is 18.2 Å². The number of allylic oxidation sites excluding steroid dienone is 1. The maximum Gasteiger partial charge on any atom is 0.110 e. The van der Waals surface area contributed by atoms with Gasteiger partial charge in [-0.3, -0.25) is 0 Å². The highest BCUT2D eigenvalue weighted by Gasteiger charge is 2.65. The van der Waals surface area contributed by atoms with Crippen molar-refractivity contribution in [2.75, 3.05) is 6.61 Å². The van der Waals surface area contributed by atoms with Crippen molar-refractivity contribution in [3.05, 3.63) is 28.7 Å². The van der Waals surface area contributed by atoms with Crippen LogP contribution in [0.1, 0.15) is 64.7 Å². The average molecular weight is 368 g/mol. The maximum atomic E-state index is 11.2. The van der Waals surface area contributed by atoms with Crippen LogP contribution in [-0.2, 0) is 4.74 Å². The van der Waals surface area contributed by atoms with Gasteiger partial charge in [0, 0.05) is 5.41 Å². The number of hydrogen-bond donors (Lipinski definition) is 0. The van der Waals surface area contributed by atoms with Crippen molar-refractivity contribution in [3.8, 4) is 0 Å².